The first-order valence-corrected chi connectivity index (χ1v) is 19.0. The molecule has 14 nitrogen and oxygen atoms in total. The normalized spacial score (nSPS) is 14.7. The summed E-state index contributed by atoms with van der Waals surface area (Å²) in [6.45, 7) is 9.23. The van der Waals surface area contributed by atoms with E-state index in [1.165, 1.54) is 36.4 Å². The molecule has 54 heavy (non-hydrogen) atoms. The van der Waals surface area contributed by atoms with Crippen molar-refractivity contribution in [2.45, 2.75) is 135 Å². The van der Waals surface area contributed by atoms with Crippen molar-refractivity contribution < 1.29 is 44.4 Å². The molecule has 0 aliphatic heterocycles. The maximum atomic E-state index is 13.9. The second-order valence-corrected chi connectivity index (χ2v) is 14.8. The van der Waals surface area contributed by atoms with Gasteiger partial charge in [0, 0.05) is 12.5 Å². The molecule has 2 aromatic carbocycles. The summed E-state index contributed by atoms with van der Waals surface area (Å²) in [5, 5.41) is 50.4. The monoisotopic (exact) mass is 755 g/mol. The maximum absolute atomic E-state index is 13.9. The number of unbranched alkanes of at least 4 members (excludes halogenated alkanes) is 4. The summed E-state index contributed by atoms with van der Waals surface area (Å²) in [6, 6.07) is 6.54. The molecule has 0 saturated carbocycles. The number of carbonyl (C=O) groups is 5. The van der Waals surface area contributed by atoms with Gasteiger partial charge >= 0.3 is 5.97 Å². The van der Waals surface area contributed by atoms with Crippen LogP contribution in [0.1, 0.15) is 97.1 Å². The smallest absolute Gasteiger partial charge is 0.326 e. The Kier molecular flexibility index (Phi) is 19.5. The number of aliphatic hydroxyl groups excluding tert-OH is 1. The molecule has 10 N–H and O–H groups in total. The van der Waals surface area contributed by atoms with E-state index < -0.39 is 71.8 Å². The van der Waals surface area contributed by atoms with Crippen molar-refractivity contribution in [2.24, 2.45) is 17.6 Å². The molecule has 6 atom stereocenters. The number of aryl methyl sites for hydroxylation is 1. The van der Waals surface area contributed by atoms with Gasteiger partial charge in [-0.15, -0.1) is 0 Å². The van der Waals surface area contributed by atoms with Crippen molar-refractivity contribution in [2.75, 3.05) is 0 Å². The molecule has 0 heterocycles. The second kappa shape index (κ2) is 23.2. The third-order valence-corrected chi connectivity index (χ3v) is 9.18. The summed E-state index contributed by atoms with van der Waals surface area (Å²) < 4.78 is 0. The zero-order valence-electron chi connectivity index (χ0n) is 32.2. The topological polar surface area (TPSA) is 240 Å². The zero-order valence-corrected chi connectivity index (χ0v) is 32.2. The SMILES string of the molecule is CCCCCCC[C@@H](N)[C@H](O)C(=O)N[C@H](C(=O)N[C@H](CC(C)C)C(=O)N[C@@H](CCc1ccc(O)cc1)C(=O)N[C@@H](Cc1ccc(O)cc1)C(=O)O)C(C)C. The minimum Gasteiger partial charge on any atom is -0.508 e. The maximum Gasteiger partial charge on any atom is 0.326 e. The third-order valence-electron chi connectivity index (χ3n) is 9.18. The molecular formula is C40H61N5O9. The van der Waals surface area contributed by atoms with Crippen LogP contribution in [0.5, 0.6) is 11.5 Å². The molecule has 2 aromatic rings. The molecular weight excluding hydrogens is 694 g/mol. The number of carboxylic acid groups (broad SMARTS) is 1. The summed E-state index contributed by atoms with van der Waals surface area (Å²) in [6.07, 6.45) is 4.25. The number of aromatic hydroxyl groups is 2. The van der Waals surface area contributed by atoms with E-state index in [0.29, 0.717) is 12.0 Å². The molecule has 0 aliphatic rings. The summed E-state index contributed by atoms with van der Waals surface area (Å²) in [5.74, 6) is -4.66. The standard InChI is InChI=1S/C40H61N5O9/c1-6-7-8-9-10-11-30(41)35(48)39(52)45-34(25(4)5)38(51)43-32(22-24(2)3)37(50)42-31(21-16-26-12-17-28(46)18-13-26)36(49)44-33(40(53)54)23-27-14-19-29(47)20-15-27/h12-15,17-20,24-25,30-35,46-48H,6-11,16,21-23,41H2,1-5H3,(H,42,50)(H,43,51)(H,44,49)(H,45,52)(H,53,54)/t30-,31+,32-,33+,34+,35+/m1/s1. The Morgan fingerprint density at radius 2 is 1.17 bits per heavy atom. The lowest BCUT2D eigenvalue weighted by Gasteiger charge is -2.29. The van der Waals surface area contributed by atoms with Gasteiger partial charge in [0.25, 0.3) is 5.91 Å². The minimum absolute atomic E-state index is 0.00194. The Morgan fingerprint density at radius 1 is 0.648 bits per heavy atom. The first-order valence-electron chi connectivity index (χ1n) is 19.0. The van der Waals surface area contributed by atoms with Gasteiger partial charge in [-0.1, -0.05) is 91.0 Å². The summed E-state index contributed by atoms with van der Waals surface area (Å²) in [5.41, 5.74) is 7.42. The predicted octanol–water partition coefficient (Wildman–Crippen LogP) is 3.05. The Bertz CT molecular complexity index is 1480. The molecule has 0 aromatic heterocycles. The second-order valence-electron chi connectivity index (χ2n) is 14.8. The fourth-order valence-corrected chi connectivity index (χ4v) is 5.93. The first-order chi connectivity index (χ1) is 25.5. The molecule has 300 valence electrons. The highest BCUT2D eigenvalue weighted by atomic mass is 16.4. The van der Waals surface area contributed by atoms with Crippen LogP contribution in [0.4, 0.5) is 0 Å². The van der Waals surface area contributed by atoms with E-state index in [0.717, 1.165) is 37.7 Å². The van der Waals surface area contributed by atoms with E-state index in [9.17, 15) is 44.4 Å². The van der Waals surface area contributed by atoms with Crippen molar-refractivity contribution in [3.8, 4) is 11.5 Å². The van der Waals surface area contributed by atoms with Crippen molar-refractivity contribution in [1.29, 1.82) is 0 Å². The summed E-state index contributed by atoms with van der Waals surface area (Å²) in [7, 11) is 0. The highest BCUT2D eigenvalue weighted by molar-refractivity contribution is 5.95. The largest absolute Gasteiger partial charge is 0.508 e. The van der Waals surface area contributed by atoms with Gasteiger partial charge in [0.05, 0.1) is 0 Å². The van der Waals surface area contributed by atoms with Crippen LogP contribution in [-0.4, -0.2) is 86.3 Å². The average Bonchev–Trinajstić information content (AvgIpc) is 3.12. The van der Waals surface area contributed by atoms with Gasteiger partial charge in [-0.2, -0.15) is 0 Å². The number of carboxylic acids is 1. The molecule has 0 spiro atoms. The van der Waals surface area contributed by atoms with Crippen molar-refractivity contribution in [1.82, 2.24) is 21.3 Å². The molecule has 0 fully saturated rings. The number of nitrogens with one attached hydrogen (secondary N) is 4. The van der Waals surface area contributed by atoms with Gasteiger partial charge in [-0.05, 0) is 72.9 Å². The molecule has 0 bridgehead atoms. The quantitative estimate of drug-likeness (QED) is 0.0710. The lowest BCUT2D eigenvalue weighted by molar-refractivity contribution is -0.142. The van der Waals surface area contributed by atoms with Gasteiger partial charge in [0.15, 0.2) is 0 Å². The highest BCUT2D eigenvalue weighted by Crippen LogP contribution is 2.16. The van der Waals surface area contributed by atoms with Crippen LogP contribution >= 0.6 is 0 Å². The van der Waals surface area contributed by atoms with Crippen molar-refractivity contribution in [3.05, 3.63) is 59.7 Å². The number of nitrogens with two attached hydrogens (primary N) is 1. The number of phenols is 2. The van der Waals surface area contributed by atoms with Gasteiger partial charge < -0.3 is 47.4 Å². The van der Waals surface area contributed by atoms with Crippen LogP contribution in [0.3, 0.4) is 0 Å². The first kappa shape index (κ1) is 45.5. The van der Waals surface area contributed by atoms with Crippen LogP contribution in [0.2, 0.25) is 0 Å². The number of hydrogen-bond acceptors (Lipinski definition) is 9. The number of hydrogen-bond donors (Lipinski definition) is 9. The fourth-order valence-electron chi connectivity index (χ4n) is 5.93. The van der Waals surface area contributed by atoms with Crippen LogP contribution in [0, 0.1) is 11.8 Å². The lowest BCUT2D eigenvalue weighted by atomic mass is 9.98. The molecule has 0 saturated heterocycles. The van der Waals surface area contributed by atoms with E-state index in [2.05, 4.69) is 28.2 Å². The van der Waals surface area contributed by atoms with E-state index in [1.807, 2.05) is 13.8 Å². The van der Waals surface area contributed by atoms with Crippen molar-refractivity contribution >= 4 is 29.6 Å². The van der Waals surface area contributed by atoms with Gasteiger partial charge in [-0.3, -0.25) is 19.2 Å². The van der Waals surface area contributed by atoms with E-state index >= 15 is 0 Å². The Morgan fingerprint density at radius 3 is 1.70 bits per heavy atom. The number of amides is 4. The summed E-state index contributed by atoms with van der Waals surface area (Å²) >= 11 is 0. The lowest BCUT2D eigenvalue weighted by Crippen LogP contribution is -2.60. The molecule has 14 heteroatoms. The van der Waals surface area contributed by atoms with E-state index in [4.69, 9.17) is 5.73 Å². The average molecular weight is 756 g/mol. The van der Waals surface area contributed by atoms with Gasteiger partial charge in [-0.25, -0.2) is 4.79 Å². The summed E-state index contributed by atoms with van der Waals surface area (Å²) in [4.78, 5) is 66.4. The number of rotatable bonds is 24. The van der Waals surface area contributed by atoms with Crippen molar-refractivity contribution in [3.63, 3.8) is 0 Å². The van der Waals surface area contributed by atoms with E-state index in [-0.39, 0.29) is 43.1 Å². The third kappa shape index (κ3) is 16.1. The van der Waals surface area contributed by atoms with Crippen LogP contribution < -0.4 is 27.0 Å². The Balaban J connectivity index is 2.24. The minimum atomic E-state index is -1.53. The molecule has 0 radical (unpaired) electrons. The van der Waals surface area contributed by atoms with Gasteiger partial charge in [0.1, 0.15) is 41.8 Å². The van der Waals surface area contributed by atoms with E-state index in [1.54, 1.807) is 26.0 Å². The number of aliphatic carboxylic acids is 1. The van der Waals surface area contributed by atoms with Gasteiger partial charge in [0.2, 0.25) is 17.7 Å². The number of aliphatic hydroxyl groups is 1. The Hall–Kier alpha value is -4.69. The molecule has 4 amide bonds. The highest BCUT2D eigenvalue weighted by Gasteiger charge is 2.34. The Labute approximate surface area is 318 Å². The number of phenolic OH excluding ortho intramolecular Hbond substituents is 2. The number of carbonyl (C=O) groups excluding carboxylic acids is 4. The van der Waals surface area contributed by atoms with Crippen LogP contribution in [-0.2, 0) is 36.8 Å². The molecule has 2 rings (SSSR count). The molecule has 0 unspecified atom stereocenters. The molecule has 0 aliphatic carbocycles. The van der Waals surface area contributed by atoms with Crippen LogP contribution in [0.15, 0.2) is 48.5 Å². The van der Waals surface area contributed by atoms with Crippen LogP contribution in [0.25, 0.3) is 0 Å². The fraction of sp³-hybridized carbons (Fsp3) is 0.575. The number of benzene rings is 2. The predicted molar refractivity (Wildman–Crippen MR) is 205 cm³/mol. The zero-order chi connectivity index (χ0) is 40.4.